The fourth-order valence-electron chi connectivity index (χ4n) is 4.88. The Bertz CT molecular complexity index is 1470. The Morgan fingerprint density at radius 1 is 1.05 bits per heavy atom. The largest absolute Gasteiger partial charge is 0.480 e. The number of benzene rings is 3. The number of aromatic nitrogens is 1. The number of piperazine rings is 1. The fraction of sp³-hybridized carbons (Fsp3) is 0.241. The van der Waals surface area contributed by atoms with Gasteiger partial charge in [0.05, 0.1) is 28.8 Å². The molecule has 0 spiro atoms. The van der Waals surface area contributed by atoms with Gasteiger partial charge in [-0.05, 0) is 36.8 Å². The summed E-state index contributed by atoms with van der Waals surface area (Å²) in [6.45, 7) is 4.66. The Hall–Kier alpha value is -3.75. The van der Waals surface area contributed by atoms with Crippen LogP contribution in [0.1, 0.15) is 18.5 Å². The molecule has 0 amide bonds. The number of halogens is 3. The van der Waals surface area contributed by atoms with Gasteiger partial charge < -0.3 is 15.3 Å². The van der Waals surface area contributed by atoms with E-state index in [1.54, 1.807) is 24.3 Å². The van der Waals surface area contributed by atoms with E-state index in [-0.39, 0.29) is 18.4 Å². The highest BCUT2D eigenvalue weighted by Gasteiger charge is 2.20. The molecular formula is C29H27ClF2N4O2. The maximum Gasteiger partial charge on any atom is 0.317 e. The van der Waals surface area contributed by atoms with Gasteiger partial charge in [0.2, 0.25) is 0 Å². The van der Waals surface area contributed by atoms with Gasteiger partial charge in [-0.1, -0.05) is 41.9 Å². The van der Waals surface area contributed by atoms with E-state index in [1.165, 1.54) is 18.3 Å². The van der Waals surface area contributed by atoms with Crippen LogP contribution >= 0.6 is 11.6 Å². The zero-order valence-corrected chi connectivity index (χ0v) is 21.6. The predicted octanol–water partition coefficient (Wildman–Crippen LogP) is 6.21. The molecule has 0 bridgehead atoms. The molecule has 9 heteroatoms. The van der Waals surface area contributed by atoms with Crippen molar-refractivity contribution in [2.75, 3.05) is 42.9 Å². The quantitative estimate of drug-likeness (QED) is 0.292. The lowest BCUT2D eigenvalue weighted by molar-refractivity contribution is -0.138. The summed E-state index contributed by atoms with van der Waals surface area (Å²) in [6, 6.07) is 16.9. The zero-order chi connectivity index (χ0) is 26.8. The SMILES string of the molecule is C[C@@H](Nc1c(Cl)cnc2cc(F)c(-c3ccc(N4CCN(CC(=O)O)CC4)cc3)cc12)c1ccccc1F. The summed E-state index contributed by atoms with van der Waals surface area (Å²) in [5.74, 6) is -1.55. The molecule has 1 aromatic heterocycles. The van der Waals surface area contributed by atoms with Crippen LogP contribution in [0.25, 0.3) is 22.0 Å². The van der Waals surface area contributed by atoms with Crippen LogP contribution in [0.15, 0.2) is 66.9 Å². The van der Waals surface area contributed by atoms with Gasteiger partial charge in [-0.25, -0.2) is 8.78 Å². The molecule has 2 N–H and O–H groups in total. The predicted molar refractivity (Wildman–Crippen MR) is 147 cm³/mol. The Morgan fingerprint density at radius 2 is 1.76 bits per heavy atom. The number of fused-ring (bicyclic) bond motifs is 1. The molecular weight excluding hydrogens is 510 g/mol. The van der Waals surface area contributed by atoms with E-state index in [1.807, 2.05) is 36.1 Å². The van der Waals surface area contributed by atoms with Crippen LogP contribution in [-0.2, 0) is 4.79 Å². The first-order chi connectivity index (χ1) is 18.3. The van der Waals surface area contributed by atoms with E-state index >= 15 is 4.39 Å². The molecule has 1 aliphatic rings. The first kappa shape index (κ1) is 25.9. The van der Waals surface area contributed by atoms with Crippen molar-refractivity contribution in [2.45, 2.75) is 13.0 Å². The molecule has 2 heterocycles. The Kier molecular flexibility index (Phi) is 7.44. The molecule has 0 aliphatic carbocycles. The van der Waals surface area contributed by atoms with Crippen molar-refractivity contribution in [3.63, 3.8) is 0 Å². The van der Waals surface area contributed by atoms with Gasteiger partial charge >= 0.3 is 5.97 Å². The van der Waals surface area contributed by atoms with Crippen LogP contribution in [0.4, 0.5) is 20.2 Å². The smallest absolute Gasteiger partial charge is 0.317 e. The van der Waals surface area contributed by atoms with Crippen LogP contribution in [0.5, 0.6) is 0 Å². The summed E-state index contributed by atoms with van der Waals surface area (Å²) < 4.78 is 29.6. The second kappa shape index (κ2) is 10.9. The molecule has 1 saturated heterocycles. The van der Waals surface area contributed by atoms with Crippen molar-refractivity contribution in [3.05, 3.63) is 89.1 Å². The average molecular weight is 537 g/mol. The number of pyridine rings is 1. The monoisotopic (exact) mass is 536 g/mol. The molecule has 38 heavy (non-hydrogen) atoms. The van der Waals surface area contributed by atoms with Gasteiger partial charge in [0.1, 0.15) is 11.6 Å². The van der Waals surface area contributed by atoms with Gasteiger partial charge in [-0.3, -0.25) is 14.7 Å². The van der Waals surface area contributed by atoms with Crippen LogP contribution in [0, 0.1) is 11.6 Å². The van der Waals surface area contributed by atoms with E-state index in [2.05, 4.69) is 15.2 Å². The molecule has 0 saturated carbocycles. The van der Waals surface area contributed by atoms with Crippen LogP contribution < -0.4 is 10.2 Å². The third kappa shape index (κ3) is 5.42. The van der Waals surface area contributed by atoms with Crippen molar-refractivity contribution in [1.29, 1.82) is 0 Å². The Morgan fingerprint density at radius 3 is 2.45 bits per heavy atom. The van der Waals surface area contributed by atoms with Crippen molar-refractivity contribution in [1.82, 2.24) is 9.88 Å². The Labute approximate surface area is 224 Å². The number of nitrogens with zero attached hydrogens (tertiary/aromatic N) is 3. The maximum atomic E-state index is 15.2. The van der Waals surface area contributed by atoms with Crippen molar-refractivity contribution in [2.24, 2.45) is 0 Å². The summed E-state index contributed by atoms with van der Waals surface area (Å²) in [6.07, 6.45) is 1.46. The van der Waals surface area contributed by atoms with E-state index in [0.29, 0.717) is 51.4 Å². The van der Waals surface area contributed by atoms with E-state index in [9.17, 15) is 9.18 Å². The molecule has 0 radical (unpaired) electrons. The maximum absolute atomic E-state index is 15.2. The minimum Gasteiger partial charge on any atom is -0.480 e. The normalized spacial score (nSPS) is 15.0. The Balaban J connectivity index is 1.42. The highest BCUT2D eigenvalue weighted by atomic mass is 35.5. The van der Waals surface area contributed by atoms with Crippen LogP contribution in [0.3, 0.4) is 0 Å². The van der Waals surface area contributed by atoms with Gasteiger partial charge in [-0.2, -0.15) is 0 Å². The molecule has 6 nitrogen and oxygen atoms in total. The highest BCUT2D eigenvalue weighted by Crippen LogP contribution is 2.37. The molecule has 196 valence electrons. The molecule has 1 atom stereocenters. The lowest BCUT2D eigenvalue weighted by atomic mass is 10.0. The third-order valence-corrected chi connectivity index (χ3v) is 7.20. The lowest BCUT2D eigenvalue weighted by Crippen LogP contribution is -2.47. The van der Waals surface area contributed by atoms with Gasteiger partial charge in [0, 0.05) is 60.6 Å². The highest BCUT2D eigenvalue weighted by molar-refractivity contribution is 6.34. The lowest BCUT2D eigenvalue weighted by Gasteiger charge is -2.35. The van der Waals surface area contributed by atoms with Crippen molar-refractivity contribution >= 4 is 39.8 Å². The topological polar surface area (TPSA) is 68.7 Å². The average Bonchev–Trinajstić information content (AvgIpc) is 2.90. The standard InChI is InChI=1S/C29H27ClF2N4O2/c1-18(21-4-2-3-5-25(21)31)34-29-23-14-22(26(32)15-27(23)33-16-24(29)30)19-6-8-20(9-7-19)36-12-10-35(11-13-36)17-28(37)38/h2-9,14-16,18H,10-13,17H2,1H3,(H,33,34)(H,37,38)/t18-/m1/s1. The fourth-order valence-corrected chi connectivity index (χ4v) is 5.09. The second-order valence-corrected chi connectivity index (χ2v) is 9.83. The number of rotatable bonds is 7. The number of aliphatic carboxylic acids is 1. The van der Waals surface area contributed by atoms with Crippen LogP contribution in [-0.4, -0.2) is 53.7 Å². The first-order valence-electron chi connectivity index (χ1n) is 12.4. The van der Waals surface area contributed by atoms with Crippen molar-refractivity contribution < 1.29 is 18.7 Å². The summed E-state index contributed by atoms with van der Waals surface area (Å²) in [4.78, 5) is 19.4. The summed E-state index contributed by atoms with van der Waals surface area (Å²) in [5.41, 5.74) is 3.59. The number of carboxylic acids is 1. The number of anilines is 2. The van der Waals surface area contributed by atoms with E-state index < -0.39 is 11.8 Å². The minimum atomic E-state index is -0.822. The summed E-state index contributed by atoms with van der Waals surface area (Å²) in [7, 11) is 0. The number of carbonyl (C=O) groups is 1. The summed E-state index contributed by atoms with van der Waals surface area (Å²) >= 11 is 6.50. The third-order valence-electron chi connectivity index (χ3n) is 6.92. The number of hydrogen-bond acceptors (Lipinski definition) is 5. The minimum absolute atomic E-state index is 0.0444. The number of nitrogens with one attached hydrogen (secondary N) is 1. The molecule has 4 aromatic rings. The second-order valence-electron chi connectivity index (χ2n) is 9.42. The van der Waals surface area contributed by atoms with Gasteiger partial charge in [0.15, 0.2) is 0 Å². The molecule has 3 aromatic carbocycles. The number of carboxylic acid groups (broad SMARTS) is 1. The van der Waals surface area contributed by atoms with Gasteiger partial charge in [0.25, 0.3) is 0 Å². The van der Waals surface area contributed by atoms with Crippen molar-refractivity contribution in [3.8, 4) is 11.1 Å². The van der Waals surface area contributed by atoms with E-state index in [0.717, 1.165) is 18.8 Å². The van der Waals surface area contributed by atoms with E-state index in [4.69, 9.17) is 16.7 Å². The summed E-state index contributed by atoms with van der Waals surface area (Å²) in [5, 5.41) is 13.3. The molecule has 1 aliphatic heterocycles. The zero-order valence-electron chi connectivity index (χ0n) is 20.8. The molecule has 0 unspecified atom stereocenters. The first-order valence-corrected chi connectivity index (χ1v) is 12.8. The van der Waals surface area contributed by atoms with Crippen LogP contribution in [0.2, 0.25) is 5.02 Å². The molecule has 5 rings (SSSR count). The van der Waals surface area contributed by atoms with Gasteiger partial charge in [-0.15, -0.1) is 0 Å². The molecule has 1 fully saturated rings. The number of hydrogen-bond donors (Lipinski definition) is 2.